The van der Waals surface area contributed by atoms with E-state index in [4.69, 9.17) is 10.5 Å². The molecular formula is C10H15BrN4O2. The van der Waals surface area contributed by atoms with Crippen LogP contribution in [0.5, 0.6) is 0 Å². The first-order chi connectivity index (χ1) is 8.13. The van der Waals surface area contributed by atoms with Gasteiger partial charge in [-0.3, -0.25) is 4.79 Å². The highest BCUT2D eigenvalue weighted by molar-refractivity contribution is 9.10. The molecule has 7 heteroatoms. The fourth-order valence-corrected chi connectivity index (χ4v) is 2.41. The van der Waals surface area contributed by atoms with Crippen LogP contribution in [0.2, 0.25) is 0 Å². The lowest BCUT2D eigenvalue weighted by Gasteiger charge is -2.34. The van der Waals surface area contributed by atoms with Crippen LogP contribution in [0, 0.1) is 0 Å². The first kappa shape index (κ1) is 12.5. The average Bonchev–Trinajstić information content (AvgIpc) is 2.36. The predicted molar refractivity (Wildman–Crippen MR) is 68.2 cm³/mol. The van der Waals surface area contributed by atoms with Gasteiger partial charge in [0.05, 0.1) is 24.6 Å². The minimum atomic E-state index is -0.140. The summed E-state index contributed by atoms with van der Waals surface area (Å²) in [7, 11) is 1.62. The van der Waals surface area contributed by atoms with Gasteiger partial charge in [-0.05, 0) is 15.9 Å². The van der Waals surface area contributed by atoms with E-state index in [-0.39, 0.29) is 11.7 Å². The van der Waals surface area contributed by atoms with Gasteiger partial charge in [-0.15, -0.1) is 0 Å². The fraction of sp³-hybridized carbons (Fsp3) is 0.600. The molecule has 0 aliphatic carbocycles. The highest BCUT2D eigenvalue weighted by Crippen LogP contribution is 2.23. The van der Waals surface area contributed by atoms with E-state index in [2.05, 4.69) is 25.9 Å². The Labute approximate surface area is 107 Å². The summed E-state index contributed by atoms with van der Waals surface area (Å²) in [6.07, 6.45) is 1.70. The van der Waals surface area contributed by atoms with Crippen molar-refractivity contribution in [3.05, 3.63) is 21.0 Å². The number of nitrogens with zero attached hydrogens (tertiary/aromatic N) is 3. The summed E-state index contributed by atoms with van der Waals surface area (Å²) in [4.78, 5) is 13.8. The van der Waals surface area contributed by atoms with Crippen molar-refractivity contribution in [2.24, 2.45) is 12.8 Å². The highest BCUT2D eigenvalue weighted by Gasteiger charge is 2.22. The molecule has 0 radical (unpaired) electrons. The Morgan fingerprint density at radius 1 is 1.71 bits per heavy atom. The van der Waals surface area contributed by atoms with E-state index in [1.807, 2.05) is 0 Å². The number of nitrogens with two attached hydrogens (primary N) is 1. The zero-order valence-corrected chi connectivity index (χ0v) is 11.2. The van der Waals surface area contributed by atoms with Crippen molar-refractivity contribution in [1.82, 2.24) is 9.78 Å². The van der Waals surface area contributed by atoms with E-state index in [0.29, 0.717) is 24.2 Å². The number of anilines is 1. The van der Waals surface area contributed by atoms with Crippen LogP contribution >= 0.6 is 15.9 Å². The van der Waals surface area contributed by atoms with Gasteiger partial charge in [-0.2, -0.15) is 5.10 Å². The van der Waals surface area contributed by atoms with Crippen molar-refractivity contribution in [2.45, 2.75) is 6.10 Å². The molecule has 0 saturated carbocycles. The average molecular weight is 303 g/mol. The third-order valence-electron chi connectivity index (χ3n) is 2.80. The van der Waals surface area contributed by atoms with Crippen molar-refractivity contribution in [3.8, 4) is 0 Å². The van der Waals surface area contributed by atoms with Crippen LogP contribution in [0.4, 0.5) is 5.69 Å². The van der Waals surface area contributed by atoms with Crippen LogP contribution in [0.1, 0.15) is 0 Å². The molecule has 2 heterocycles. The van der Waals surface area contributed by atoms with Crippen molar-refractivity contribution in [3.63, 3.8) is 0 Å². The normalized spacial score (nSPS) is 20.6. The predicted octanol–water partition coefficient (Wildman–Crippen LogP) is -0.293. The van der Waals surface area contributed by atoms with Gasteiger partial charge in [0.2, 0.25) is 0 Å². The van der Waals surface area contributed by atoms with Crippen LogP contribution in [0.25, 0.3) is 0 Å². The van der Waals surface area contributed by atoms with E-state index in [9.17, 15) is 4.79 Å². The lowest BCUT2D eigenvalue weighted by molar-refractivity contribution is 0.0465. The lowest BCUT2D eigenvalue weighted by atomic mass is 10.2. The standard InChI is InChI=1S/C10H15BrN4O2/c1-14-10(16)9(11)8(5-13-14)15-2-3-17-7(4-12)6-15/h5,7H,2-4,6,12H2,1H3. The maximum Gasteiger partial charge on any atom is 0.282 e. The molecule has 1 atom stereocenters. The molecule has 0 spiro atoms. The molecule has 2 N–H and O–H groups in total. The molecule has 1 aliphatic heterocycles. The van der Waals surface area contributed by atoms with Gasteiger partial charge in [0, 0.05) is 26.7 Å². The molecule has 6 nitrogen and oxygen atoms in total. The second-order valence-corrected chi connectivity index (χ2v) is 4.74. The maximum atomic E-state index is 11.8. The van der Waals surface area contributed by atoms with Gasteiger partial charge in [0.15, 0.2) is 0 Å². The Morgan fingerprint density at radius 2 is 2.47 bits per heavy atom. The Bertz CT molecular complexity index is 462. The molecule has 0 amide bonds. The van der Waals surface area contributed by atoms with E-state index in [1.54, 1.807) is 13.2 Å². The van der Waals surface area contributed by atoms with Gasteiger partial charge < -0.3 is 15.4 Å². The number of aromatic nitrogens is 2. The van der Waals surface area contributed by atoms with Gasteiger partial charge >= 0.3 is 0 Å². The second-order valence-electron chi connectivity index (χ2n) is 3.95. The highest BCUT2D eigenvalue weighted by atomic mass is 79.9. The van der Waals surface area contributed by atoms with Crippen molar-refractivity contribution >= 4 is 21.6 Å². The molecule has 1 fully saturated rings. The summed E-state index contributed by atoms with van der Waals surface area (Å²) < 4.78 is 7.32. The lowest BCUT2D eigenvalue weighted by Crippen LogP contribution is -2.46. The Hall–Kier alpha value is -0.920. The number of aryl methyl sites for hydroxylation is 1. The molecule has 1 aromatic heterocycles. The largest absolute Gasteiger partial charge is 0.373 e. The molecule has 17 heavy (non-hydrogen) atoms. The summed E-state index contributed by atoms with van der Waals surface area (Å²) in [5.41, 5.74) is 6.25. The number of hydrogen-bond acceptors (Lipinski definition) is 5. The van der Waals surface area contributed by atoms with Gasteiger partial charge in [-0.1, -0.05) is 0 Å². The molecule has 1 aliphatic rings. The topological polar surface area (TPSA) is 73.4 Å². The summed E-state index contributed by atoms with van der Waals surface area (Å²) in [5, 5.41) is 4.03. The molecule has 1 saturated heterocycles. The Kier molecular flexibility index (Phi) is 3.80. The van der Waals surface area contributed by atoms with E-state index in [1.165, 1.54) is 4.68 Å². The first-order valence-electron chi connectivity index (χ1n) is 5.42. The molecular weight excluding hydrogens is 288 g/mol. The molecule has 2 rings (SSSR count). The molecule has 1 unspecified atom stereocenters. The minimum absolute atomic E-state index is 0.0136. The quantitative estimate of drug-likeness (QED) is 0.812. The summed E-state index contributed by atoms with van der Waals surface area (Å²) in [6.45, 7) is 2.52. The maximum absolute atomic E-state index is 11.8. The summed E-state index contributed by atoms with van der Waals surface area (Å²) in [5.74, 6) is 0. The van der Waals surface area contributed by atoms with E-state index in [0.717, 1.165) is 12.2 Å². The number of ether oxygens (including phenoxy) is 1. The van der Waals surface area contributed by atoms with E-state index < -0.39 is 0 Å². The van der Waals surface area contributed by atoms with Crippen LogP contribution in [-0.4, -0.2) is 42.1 Å². The Morgan fingerprint density at radius 3 is 3.18 bits per heavy atom. The summed E-state index contributed by atoms with van der Waals surface area (Å²) >= 11 is 3.32. The first-order valence-corrected chi connectivity index (χ1v) is 6.21. The zero-order chi connectivity index (χ0) is 12.4. The van der Waals surface area contributed by atoms with Crippen LogP contribution < -0.4 is 16.2 Å². The zero-order valence-electron chi connectivity index (χ0n) is 9.60. The molecule has 0 aromatic carbocycles. The SMILES string of the molecule is Cn1ncc(N2CCOC(CN)C2)c(Br)c1=O. The van der Waals surface area contributed by atoms with Crippen molar-refractivity contribution in [2.75, 3.05) is 31.1 Å². The number of halogens is 1. The van der Waals surface area contributed by atoms with Crippen molar-refractivity contribution < 1.29 is 4.74 Å². The van der Waals surface area contributed by atoms with Gasteiger partial charge in [0.25, 0.3) is 5.56 Å². The second kappa shape index (κ2) is 5.16. The fourth-order valence-electron chi connectivity index (χ4n) is 1.80. The summed E-state index contributed by atoms with van der Waals surface area (Å²) in [6, 6.07) is 0. The third kappa shape index (κ3) is 2.51. The monoisotopic (exact) mass is 302 g/mol. The third-order valence-corrected chi connectivity index (χ3v) is 3.55. The van der Waals surface area contributed by atoms with Crippen LogP contribution in [0.3, 0.4) is 0 Å². The van der Waals surface area contributed by atoms with Gasteiger partial charge in [0.1, 0.15) is 4.47 Å². The molecule has 1 aromatic rings. The number of rotatable bonds is 2. The number of hydrogen-bond donors (Lipinski definition) is 1. The molecule has 0 bridgehead atoms. The molecule has 94 valence electrons. The van der Waals surface area contributed by atoms with Crippen molar-refractivity contribution in [1.29, 1.82) is 0 Å². The smallest absolute Gasteiger partial charge is 0.282 e. The van der Waals surface area contributed by atoms with Gasteiger partial charge in [-0.25, -0.2) is 4.68 Å². The van der Waals surface area contributed by atoms with Crippen LogP contribution in [-0.2, 0) is 11.8 Å². The van der Waals surface area contributed by atoms with E-state index >= 15 is 0 Å². The van der Waals surface area contributed by atoms with Crippen LogP contribution in [0.15, 0.2) is 15.5 Å². The Balaban J connectivity index is 2.28. The number of morpholine rings is 1. The minimum Gasteiger partial charge on any atom is -0.373 e.